The molecule has 3 rings (SSSR count). The summed E-state index contributed by atoms with van der Waals surface area (Å²) >= 11 is 1.03. The average molecular weight is 323 g/mol. The molecule has 1 atom stereocenters. The number of hydrogen-bond acceptors (Lipinski definition) is 5. The topological polar surface area (TPSA) is 86.9 Å². The van der Waals surface area contributed by atoms with E-state index in [4.69, 9.17) is 5.11 Å². The van der Waals surface area contributed by atoms with Gasteiger partial charge in [-0.2, -0.15) is 5.26 Å². The first kappa shape index (κ1) is 15.1. The van der Waals surface area contributed by atoms with Gasteiger partial charge in [0.25, 0.3) is 0 Å². The minimum Gasteiger partial charge on any atom is -0.476 e. The van der Waals surface area contributed by atoms with Crippen molar-refractivity contribution in [3.63, 3.8) is 0 Å². The van der Waals surface area contributed by atoms with E-state index in [1.54, 1.807) is 0 Å². The Bertz CT molecular complexity index is 833. The third-order valence-corrected chi connectivity index (χ3v) is 4.55. The molecular formula is C17H13N3O2S. The third-order valence-electron chi connectivity index (χ3n) is 3.83. The highest BCUT2D eigenvalue weighted by molar-refractivity contribution is 7.05. The van der Waals surface area contributed by atoms with Crippen LogP contribution >= 0.6 is 11.5 Å². The molecule has 114 valence electrons. The van der Waals surface area contributed by atoms with Crippen LogP contribution in [-0.4, -0.2) is 20.7 Å². The molecular weight excluding hydrogens is 310 g/mol. The molecule has 0 bridgehead atoms. The number of carboxylic acid groups (broad SMARTS) is 1. The molecule has 0 aliphatic heterocycles. The zero-order chi connectivity index (χ0) is 16.3. The van der Waals surface area contributed by atoms with Crippen LogP contribution in [0.1, 0.15) is 27.3 Å². The molecule has 1 aliphatic rings. The number of benzene rings is 1. The predicted octanol–water partition coefficient (Wildman–Crippen LogP) is 3.33. The summed E-state index contributed by atoms with van der Waals surface area (Å²) in [4.78, 5) is 11.7. The predicted molar refractivity (Wildman–Crippen MR) is 86.8 cm³/mol. The number of nitriles is 1. The first-order valence-electron chi connectivity index (χ1n) is 7.04. The van der Waals surface area contributed by atoms with Gasteiger partial charge in [-0.05, 0) is 29.1 Å². The molecule has 0 spiro atoms. The van der Waals surface area contributed by atoms with Gasteiger partial charge in [0.1, 0.15) is 0 Å². The quantitative estimate of drug-likeness (QED) is 0.932. The first-order chi connectivity index (χ1) is 11.1. The normalized spacial score (nSPS) is 19.9. The van der Waals surface area contributed by atoms with E-state index in [-0.39, 0.29) is 5.69 Å². The fourth-order valence-corrected chi connectivity index (χ4v) is 3.31. The molecule has 1 unspecified atom stereocenters. The Labute approximate surface area is 137 Å². The number of carboxylic acids is 1. The van der Waals surface area contributed by atoms with E-state index in [2.05, 4.69) is 15.7 Å². The minimum atomic E-state index is -1.11. The van der Waals surface area contributed by atoms with Crippen molar-refractivity contribution in [3.8, 4) is 6.07 Å². The second-order valence-electron chi connectivity index (χ2n) is 5.36. The van der Waals surface area contributed by atoms with E-state index in [0.717, 1.165) is 22.7 Å². The van der Waals surface area contributed by atoms with Gasteiger partial charge in [-0.25, -0.2) is 4.79 Å². The van der Waals surface area contributed by atoms with Crippen LogP contribution in [-0.2, 0) is 6.42 Å². The summed E-state index contributed by atoms with van der Waals surface area (Å²) in [6, 6.07) is 12.3. The van der Waals surface area contributed by atoms with E-state index >= 15 is 0 Å². The molecule has 23 heavy (non-hydrogen) atoms. The van der Waals surface area contributed by atoms with E-state index < -0.39 is 11.4 Å². The molecule has 1 heterocycles. The van der Waals surface area contributed by atoms with Gasteiger partial charge < -0.3 is 5.11 Å². The molecule has 0 amide bonds. The zero-order valence-corrected chi connectivity index (χ0v) is 13.0. The van der Waals surface area contributed by atoms with Crippen molar-refractivity contribution in [2.24, 2.45) is 5.41 Å². The van der Waals surface area contributed by atoms with Crippen LogP contribution in [0.4, 0.5) is 0 Å². The summed E-state index contributed by atoms with van der Waals surface area (Å²) in [6.07, 6.45) is 6.64. The summed E-state index contributed by atoms with van der Waals surface area (Å²) in [7, 11) is 0. The molecule has 1 aromatic carbocycles. The van der Waals surface area contributed by atoms with Gasteiger partial charge >= 0.3 is 5.97 Å². The van der Waals surface area contributed by atoms with Gasteiger partial charge in [-0.1, -0.05) is 53.0 Å². The molecule has 1 aliphatic carbocycles. The van der Waals surface area contributed by atoms with Crippen molar-refractivity contribution in [1.29, 1.82) is 5.26 Å². The monoisotopic (exact) mass is 323 g/mol. The third kappa shape index (κ3) is 3.05. The molecule has 0 saturated heterocycles. The Balaban J connectivity index is 1.84. The van der Waals surface area contributed by atoms with E-state index in [9.17, 15) is 10.1 Å². The van der Waals surface area contributed by atoms with Crippen molar-refractivity contribution in [2.75, 3.05) is 0 Å². The fraction of sp³-hybridized carbons (Fsp3) is 0.176. The highest BCUT2D eigenvalue weighted by Crippen LogP contribution is 2.36. The molecule has 1 N–H and O–H groups in total. The SMILES string of the molecule is N#CC1(Cc2snnc2C(=O)O)C=CC(c2ccccc2)=CC1. The lowest BCUT2D eigenvalue weighted by Crippen LogP contribution is -2.21. The van der Waals surface area contributed by atoms with Crippen molar-refractivity contribution < 1.29 is 9.90 Å². The lowest BCUT2D eigenvalue weighted by Gasteiger charge is -2.24. The lowest BCUT2D eigenvalue weighted by molar-refractivity contribution is 0.0689. The highest BCUT2D eigenvalue weighted by atomic mass is 32.1. The van der Waals surface area contributed by atoms with E-state index in [1.807, 2.05) is 48.6 Å². The lowest BCUT2D eigenvalue weighted by atomic mass is 9.77. The van der Waals surface area contributed by atoms with Crippen LogP contribution < -0.4 is 0 Å². The van der Waals surface area contributed by atoms with Gasteiger partial charge in [0.2, 0.25) is 0 Å². The Kier molecular flexibility index (Phi) is 4.04. The number of allylic oxidation sites excluding steroid dienone is 4. The Morgan fingerprint density at radius 2 is 2.17 bits per heavy atom. The largest absolute Gasteiger partial charge is 0.476 e. The van der Waals surface area contributed by atoms with Crippen molar-refractivity contribution >= 4 is 23.1 Å². The van der Waals surface area contributed by atoms with Gasteiger partial charge in [0, 0.05) is 6.42 Å². The smallest absolute Gasteiger partial charge is 0.357 e. The van der Waals surface area contributed by atoms with Crippen LogP contribution in [0, 0.1) is 16.7 Å². The number of nitrogens with zero attached hydrogens (tertiary/aromatic N) is 3. The summed E-state index contributed by atoms with van der Waals surface area (Å²) in [5.74, 6) is -1.11. The number of hydrogen-bond donors (Lipinski definition) is 1. The summed E-state index contributed by atoms with van der Waals surface area (Å²) in [5.41, 5.74) is 1.35. The van der Waals surface area contributed by atoms with Crippen LogP contribution in [0.15, 0.2) is 48.6 Å². The van der Waals surface area contributed by atoms with E-state index in [1.165, 1.54) is 0 Å². The van der Waals surface area contributed by atoms with Crippen molar-refractivity contribution in [1.82, 2.24) is 9.59 Å². The fourth-order valence-electron chi connectivity index (χ4n) is 2.55. The Morgan fingerprint density at radius 3 is 2.78 bits per heavy atom. The van der Waals surface area contributed by atoms with Crippen molar-refractivity contribution in [2.45, 2.75) is 12.8 Å². The van der Waals surface area contributed by atoms with E-state index in [0.29, 0.717) is 17.7 Å². The van der Waals surface area contributed by atoms with Crippen LogP contribution in [0.25, 0.3) is 5.57 Å². The molecule has 0 saturated carbocycles. The van der Waals surface area contributed by atoms with Gasteiger partial charge in [-0.15, -0.1) is 5.10 Å². The first-order valence-corrected chi connectivity index (χ1v) is 7.81. The standard InChI is InChI=1S/C17H13N3O2S/c18-11-17(10-14-15(16(21)22)19-20-23-14)8-6-13(7-9-17)12-4-2-1-3-5-12/h1-8H,9-10H2,(H,21,22). The maximum atomic E-state index is 11.1. The molecule has 6 heteroatoms. The maximum Gasteiger partial charge on any atom is 0.357 e. The Morgan fingerprint density at radius 1 is 1.39 bits per heavy atom. The van der Waals surface area contributed by atoms with Gasteiger partial charge in [0.05, 0.1) is 16.4 Å². The molecule has 2 aromatic rings. The molecule has 5 nitrogen and oxygen atoms in total. The molecule has 0 radical (unpaired) electrons. The van der Waals surface area contributed by atoms with Crippen LogP contribution in [0.3, 0.4) is 0 Å². The minimum absolute atomic E-state index is 0.0594. The summed E-state index contributed by atoms with van der Waals surface area (Å²) in [5, 5.41) is 22.4. The molecule has 1 aromatic heterocycles. The van der Waals surface area contributed by atoms with Crippen LogP contribution in [0.2, 0.25) is 0 Å². The van der Waals surface area contributed by atoms with Gasteiger partial charge in [-0.3, -0.25) is 0 Å². The second-order valence-corrected chi connectivity index (χ2v) is 6.20. The number of rotatable bonds is 4. The average Bonchev–Trinajstić information content (AvgIpc) is 3.04. The number of carbonyl (C=O) groups is 1. The number of aromatic nitrogens is 2. The van der Waals surface area contributed by atoms with Gasteiger partial charge in [0.15, 0.2) is 5.69 Å². The summed E-state index contributed by atoms with van der Waals surface area (Å²) < 4.78 is 3.70. The second kappa shape index (κ2) is 6.15. The number of aromatic carboxylic acids is 1. The van der Waals surface area contributed by atoms with Crippen LogP contribution in [0.5, 0.6) is 0 Å². The highest BCUT2D eigenvalue weighted by Gasteiger charge is 2.32. The maximum absolute atomic E-state index is 11.1. The zero-order valence-electron chi connectivity index (χ0n) is 12.1. The molecule has 0 fully saturated rings. The summed E-state index contributed by atoms with van der Waals surface area (Å²) in [6.45, 7) is 0. The van der Waals surface area contributed by atoms with Crippen molar-refractivity contribution in [3.05, 3.63) is 64.7 Å². The Hall–Kier alpha value is -2.78.